The molecule has 0 saturated carbocycles. The Labute approximate surface area is 141 Å². The number of benzene rings is 2. The molecule has 0 fully saturated rings. The first-order valence-corrected chi connectivity index (χ1v) is 7.07. The highest BCUT2D eigenvalue weighted by Crippen LogP contribution is 2.56. The summed E-state index contributed by atoms with van der Waals surface area (Å²) in [6, 6.07) is 1.11. The molecule has 10 heteroatoms. The molecule has 0 amide bonds. The molecule has 0 atom stereocenters. The van der Waals surface area contributed by atoms with E-state index in [0.29, 0.717) is 0 Å². The van der Waals surface area contributed by atoms with Crippen molar-refractivity contribution < 1.29 is 35.1 Å². The number of rotatable bonds is 0. The monoisotopic (exact) mass is 382 g/mol. The lowest BCUT2D eigenvalue weighted by Gasteiger charge is -2.33. The summed E-state index contributed by atoms with van der Waals surface area (Å²) in [5.41, 5.74) is 2.35. The lowest BCUT2D eigenvalue weighted by atomic mass is 9.87. The Morgan fingerprint density at radius 2 is 0.808 bits per heavy atom. The molecule has 0 aromatic heterocycles. The summed E-state index contributed by atoms with van der Waals surface area (Å²) in [5, 5.41) is 0. The molecule has 6 rings (SSSR count). The highest BCUT2D eigenvalue weighted by molar-refractivity contribution is 5.58. The lowest BCUT2D eigenvalue weighted by molar-refractivity contribution is -0.226. The van der Waals surface area contributed by atoms with Crippen LogP contribution in [-0.2, 0) is 23.7 Å². The maximum atomic E-state index is 14.4. The van der Waals surface area contributed by atoms with Gasteiger partial charge >= 0.3 is 23.7 Å². The number of nitrogens with two attached hydrogens (primary N) is 2. The minimum absolute atomic E-state index is 0.143. The van der Waals surface area contributed by atoms with Crippen molar-refractivity contribution in [1.82, 2.24) is 0 Å². The summed E-state index contributed by atoms with van der Waals surface area (Å²) in [5.74, 6) is -19.6. The van der Waals surface area contributed by atoms with Gasteiger partial charge in [0.05, 0.1) is 11.1 Å². The van der Waals surface area contributed by atoms with E-state index in [9.17, 15) is 35.1 Å². The smallest absolute Gasteiger partial charge is 0.341 e. The predicted octanol–water partition coefficient (Wildman–Crippen LogP) is 4.93. The Kier molecular flexibility index (Phi) is 3.52. The summed E-state index contributed by atoms with van der Waals surface area (Å²) < 4.78 is 115. The number of nitrogen functional groups attached to an aromatic ring is 2. The third-order valence-electron chi connectivity index (χ3n) is 4.29. The minimum atomic E-state index is -4.93. The average molecular weight is 382 g/mol. The molecule has 4 bridgehead atoms. The predicted molar refractivity (Wildman–Crippen MR) is 77.3 cm³/mol. The molecule has 0 spiro atoms. The Morgan fingerprint density at radius 1 is 0.500 bits per heavy atom. The van der Waals surface area contributed by atoms with Crippen LogP contribution in [0.4, 0.5) is 46.5 Å². The fraction of sp³-hybridized carbons (Fsp3) is 0.250. The number of hydrogen-bond acceptors (Lipinski definition) is 2. The second-order valence-electron chi connectivity index (χ2n) is 5.90. The third-order valence-corrected chi connectivity index (χ3v) is 4.29. The number of halogens is 8. The van der Waals surface area contributed by atoms with Crippen molar-refractivity contribution in [3.8, 4) is 0 Å². The fourth-order valence-electron chi connectivity index (χ4n) is 2.79. The topological polar surface area (TPSA) is 52.0 Å². The molecule has 2 aromatic rings. The van der Waals surface area contributed by atoms with E-state index in [2.05, 4.69) is 0 Å². The van der Waals surface area contributed by atoms with E-state index >= 15 is 0 Å². The summed E-state index contributed by atoms with van der Waals surface area (Å²) in [6.45, 7) is 0. The van der Waals surface area contributed by atoms with E-state index in [0.717, 1.165) is 0 Å². The largest absolute Gasteiger partial charge is 0.398 e. The van der Waals surface area contributed by atoms with Gasteiger partial charge in [-0.2, -0.15) is 35.1 Å². The molecular weight excluding hydrogens is 372 g/mol. The number of hydrogen-bond donors (Lipinski definition) is 2. The van der Waals surface area contributed by atoms with Gasteiger partial charge in [0.25, 0.3) is 0 Å². The van der Waals surface area contributed by atoms with E-state index in [1.54, 1.807) is 0 Å². The Bertz CT molecular complexity index is 818. The van der Waals surface area contributed by atoms with Gasteiger partial charge in [-0.3, -0.25) is 0 Å². The molecule has 0 unspecified atom stereocenters. The molecule has 0 heterocycles. The van der Waals surface area contributed by atoms with Crippen molar-refractivity contribution in [2.45, 2.75) is 23.7 Å². The zero-order chi connectivity index (χ0) is 19.7. The quantitative estimate of drug-likeness (QED) is 0.501. The van der Waals surface area contributed by atoms with Crippen LogP contribution >= 0.6 is 0 Å². The van der Waals surface area contributed by atoms with Gasteiger partial charge in [-0.15, -0.1) is 0 Å². The van der Waals surface area contributed by atoms with Crippen molar-refractivity contribution >= 4 is 11.4 Å². The van der Waals surface area contributed by atoms with Crippen LogP contribution in [0.25, 0.3) is 0 Å². The van der Waals surface area contributed by atoms with Crippen LogP contribution in [0.1, 0.15) is 22.3 Å². The van der Waals surface area contributed by atoms with Gasteiger partial charge in [-0.25, -0.2) is 0 Å². The SMILES string of the molecule is Nc1cc2ccc1C(F)(F)C(F)(F)c1ccc(cc1N)C(F)(F)C2(F)F. The molecule has 140 valence electrons. The highest BCUT2D eigenvalue weighted by atomic mass is 19.3. The van der Waals surface area contributed by atoms with E-state index < -0.39 is 57.3 Å². The fourth-order valence-corrected chi connectivity index (χ4v) is 2.79. The van der Waals surface area contributed by atoms with Gasteiger partial charge in [0.2, 0.25) is 0 Å². The van der Waals surface area contributed by atoms with Crippen LogP contribution in [0, 0.1) is 0 Å². The van der Waals surface area contributed by atoms with Crippen LogP contribution in [-0.4, -0.2) is 0 Å². The number of alkyl halides is 8. The zero-order valence-electron chi connectivity index (χ0n) is 12.6. The molecule has 26 heavy (non-hydrogen) atoms. The van der Waals surface area contributed by atoms with E-state index in [-0.39, 0.29) is 36.4 Å². The Balaban J connectivity index is 2.46. The van der Waals surface area contributed by atoms with Gasteiger partial charge in [0.1, 0.15) is 0 Å². The maximum Gasteiger partial charge on any atom is 0.341 e. The second-order valence-corrected chi connectivity index (χ2v) is 5.90. The first kappa shape index (κ1) is 18.3. The first-order chi connectivity index (χ1) is 11.7. The summed E-state index contributed by atoms with van der Waals surface area (Å²) in [6.07, 6.45) is 0. The van der Waals surface area contributed by atoms with E-state index in [1.807, 2.05) is 0 Å². The summed E-state index contributed by atoms with van der Waals surface area (Å²) in [4.78, 5) is 0. The molecule has 2 aromatic carbocycles. The van der Waals surface area contributed by atoms with Crippen molar-refractivity contribution in [1.29, 1.82) is 0 Å². The van der Waals surface area contributed by atoms with Crippen LogP contribution in [0.5, 0.6) is 0 Å². The molecule has 4 aliphatic carbocycles. The number of anilines is 2. The normalized spacial score (nSPS) is 21.8. The summed E-state index contributed by atoms with van der Waals surface area (Å²) in [7, 11) is 0. The van der Waals surface area contributed by atoms with Crippen LogP contribution in [0.2, 0.25) is 0 Å². The van der Waals surface area contributed by atoms with E-state index in [1.165, 1.54) is 0 Å². The van der Waals surface area contributed by atoms with Gasteiger partial charge in [0, 0.05) is 22.5 Å². The van der Waals surface area contributed by atoms with Gasteiger partial charge < -0.3 is 11.5 Å². The molecule has 0 saturated heterocycles. The zero-order valence-corrected chi connectivity index (χ0v) is 12.6. The van der Waals surface area contributed by atoms with Crippen molar-refractivity contribution in [3.05, 3.63) is 58.7 Å². The molecule has 4 N–H and O–H groups in total. The van der Waals surface area contributed by atoms with Crippen LogP contribution < -0.4 is 11.5 Å². The Hall–Kier alpha value is -2.52. The molecule has 2 nitrogen and oxygen atoms in total. The standard InChI is InChI=1S/C16H10F8N2/c17-13(18)7-1-3-9(11(25)5-7)15(21,22)16(23,24)10-4-2-8(6-12(10)26)14(13,19)20/h1-6H,25-26H2. The van der Waals surface area contributed by atoms with Crippen molar-refractivity contribution in [3.63, 3.8) is 0 Å². The van der Waals surface area contributed by atoms with E-state index in [4.69, 9.17) is 11.5 Å². The summed E-state index contributed by atoms with van der Waals surface area (Å²) >= 11 is 0. The molecule has 4 aliphatic rings. The van der Waals surface area contributed by atoms with Crippen LogP contribution in [0.15, 0.2) is 36.4 Å². The average Bonchev–Trinajstić information content (AvgIpc) is 2.52. The van der Waals surface area contributed by atoms with Crippen LogP contribution in [0.3, 0.4) is 0 Å². The van der Waals surface area contributed by atoms with Gasteiger partial charge in [-0.05, 0) is 12.1 Å². The Morgan fingerprint density at radius 3 is 1.08 bits per heavy atom. The first-order valence-electron chi connectivity index (χ1n) is 7.07. The van der Waals surface area contributed by atoms with Crippen molar-refractivity contribution in [2.24, 2.45) is 0 Å². The molecule has 0 radical (unpaired) electrons. The minimum Gasteiger partial charge on any atom is -0.398 e. The maximum absolute atomic E-state index is 14.4. The second kappa shape index (κ2) is 5.01. The highest BCUT2D eigenvalue weighted by Gasteiger charge is 2.63. The lowest BCUT2D eigenvalue weighted by Crippen LogP contribution is -2.39. The third kappa shape index (κ3) is 2.10. The van der Waals surface area contributed by atoms with Crippen molar-refractivity contribution in [2.75, 3.05) is 11.5 Å². The molecular formula is C16H10F8N2. The van der Waals surface area contributed by atoms with Gasteiger partial charge in [0.15, 0.2) is 0 Å². The van der Waals surface area contributed by atoms with Gasteiger partial charge in [-0.1, -0.05) is 24.3 Å². The molecule has 0 aliphatic heterocycles.